The minimum atomic E-state index is 0.623. The molecule has 1 aliphatic carbocycles. The average molecular weight is 187 g/mol. The largest absolute Gasteiger partial charge is 0.313 e. The van der Waals surface area contributed by atoms with Crippen LogP contribution in [0.3, 0.4) is 0 Å². The second-order valence-electron chi connectivity index (χ2n) is 4.33. The van der Waals surface area contributed by atoms with Crippen molar-refractivity contribution in [3.63, 3.8) is 0 Å². The quantitative estimate of drug-likeness (QED) is 0.710. The highest BCUT2D eigenvalue weighted by molar-refractivity contribution is 7.99. The summed E-state index contributed by atoms with van der Waals surface area (Å²) in [5.41, 5.74) is 0.623. The Morgan fingerprint density at radius 3 is 2.42 bits per heavy atom. The second-order valence-corrected chi connectivity index (χ2v) is 5.61. The SMILES string of the molecule is CSC(C)CNC(C)C1(C)CC1. The summed E-state index contributed by atoms with van der Waals surface area (Å²) in [6, 6.07) is 0.701. The van der Waals surface area contributed by atoms with Crippen LogP contribution in [0, 0.1) is 5.41 Å². The molecule has 0 aromatic rings. The van der Waals surface area contributed by atoms with E-state index in [-0.39, 0.29) is 0 Å². The van der Waals surface area contributed by atoms with E-state index in [1.165, 1.54) is 12.8 Å². The molecule has 0 aromatic heterocycles. The van der Waals surface area contributed by atoms with Gasteiger partial charge in [-0.05, 0) is 31.4 Å². The summed E-state index contributed by atoms with van der Waals surface area (Å²) < 4.78 is 0. The molecule has 0 aromatic carbocycles. The third kappa shape index (κ3) is 2.67. The maximum atomic E-state index is 3.61. The monoisotopic (exact) mass is 187 g/mol. The van der Waals surface area contributed by atoms with E-state index in [2.05, 4.69) is 32.3 Å². The number of nitrogens with one attached hydrogen (secondary N) is 1. The molecule has 0 amide bonds. The number of thioether (sulfide) groups is 1. The van der Waals surface area contributed by atoms with Crippen LogP contribution < -0.4 is 5.32 Å². The molecule has 0 saturated heterocycles. The molecular weight excluding hydrogens is 166 g/mol. The highest BCUT2D eigenvalue weighted by atomic mass is 32.2. The van der Waals surface area contributed by atoms with Crippen LogP contribution in [0.4, 0.5) is 0 Å². The van der Waals surface area contributed by atoms with Gasteiger partial charge in [-0.1, -0.05) is 13.8 Å². The Bertz CT molecular complexity index is 143. The first-order chi connectivity index (χ1) is 5.58. The van der Waals surface area contributed by atoms with E-state index in [1.54, 1.807) is 0 Å². The van der Waals surface area contributed by atoms with Crippen LogP contribution in [0.5, 0.6) is 0 Å². The molecule has 0 heterocycles. The van der Waals surface area contributed by atoms with E-state index in [4.69, 9.17) is 0 Å². The van der Waals surface area contributed by atoms with Crippen LogP contribution >= 0.6 is 11.8 Å². The van der Waals surface area contributed by atoms with Gasteiger partial charge >= 0.3 is 0 Å². The van der Waals surface area contributed by atoms with E-state index >= 15 is 0 Å². The van der Waals surface area contributed by atoms with E-state index in [0.29, 0.717) is 11.5 Å². The third-order valence-corrected chi connectivity index (χ3v) is 4.17. The van der Waals surface area contributed by atoms with Gasteiger partial charge in [0, 0.05) is 17.8 Å². The maximum Gasteiger partial charge on any atom is 0.0141 e. The molecule has 0 bridgehead atoms. The molecule has 0 aliphatic heterocycles. The lowest BCUT2D eigenvalue weighted by Gasteiger charge is -2.22. The molecule has 12 heavy (non-hydrogen) atoms. The summed E-state index contributed by atoms with van der Waals surface area (Å²) in [7, 11) is 0. The zero-order valence-corrected chi connectivity index (χ0v) is 9.50. The van der Waals surface area contributed by atoms with Gasteiger partial charge in [0.15, 0.2) is 0 Å². The van der Waals surface area contributed by atoms with E-state index in [0.717, 1.165) is 11.8 Å². The van der Waals surface area contributed by atoms with Gasteiger partial charge in [-0.15, -0.1) is 0 Å². The van der Waals surface area contributed by atoms with E-state index < -0.39 is 0 Å². The highest BCUT2D eigenvalue weighted by Gasteiger charge is 2.42. The Labute approximate surface area is 80.7 Å². The molecule has 2 atom stereocenters. The zero-order valence-electron chi connectivity index (χ0n) is 8.68. The number of rotatable bonds is 5. The van der Waals surface area contributed by atoms with Crippen LogP contribution in [-0.4, -0.2) is 24.1 Å². The van der Waals surface area contributed by atoms with Crippen molar-refractivity contribution in [2.24, 2.45) is 5.41 Å². The molecule has 1 nitrogen and oxygen atoms in total. The number of hydrogen-bond donors (Lipinski definition) is 1. The van der Waals surface area contributed by atoms with Gasteiger partial charge in [0.1, 0.15) is 0 Å². The zero-order chi connectivity index (χ0) is 9.19. The summed E-state index contributed by atoms with van der Waals surface area (Å²) >= 11 is 1.94. The Morgan fingerprint density at radius 1 is 1.42 bits per heavy atom. The maximum absolute atomic E-state index is 3.61. The molecule has 0 radical (unpaired) electrons. The van der Waals surface area contributed by atoms with E-state index in [1.807, 2.05) is 11.8 Å². The van der Waals surface area contributed by atoms with Gasteiger partial charge < -0.3 is 5.32 Å². The standard InChI is InChI=1S/C10H21NS/c1-8(12-4)7-11-9(2)10(3)5-6-10/h8-9,11H,5-7H2,1-4H3. The van der Waals surface area contributed by atoms with E-state index in [9.17, 15) is 0 Å². The van der Waals surface area contributed by atoms with Gasteiger partial charge in [-0.2, -0.15) is 11.8 Å². The third-order valence-electron chi connectivity index (χ3n) is 3.20. The van der Waals surface area contributed by atoms with Crippen LogP contribution in [0.15, 0.2) is 0 Å². The fourth-order valence-corrected chi connectivity index (χ4v) is 1.57. The van der Waals surface area contributed by atoms with Crippen molar-refractivity contribution in [2.45, 2.75) is 44.9 Å². The van der Waals surface area contributed by atoms with Crippen molar-refractivity contribution in [3.05, 3.63) is 0 Å². The Hall–Kier alpha value is 0.310. The summed E-state index contributed by atoms with van der Waals surface area (Å²) in [6.45, 7) is 8.13. The molecule has 72 valence electrons. The van der Waals surface area contributed by atoms with Crippen molar-refractivity contribution in [3.8, 4) is 0 Å². The lowest BCUT2D eigenvalue weighted by atomic mass is 10.0. The van der Waals surface area contributed by atoms with Crippen LogP contribution in [0.25, 0.3) is 0 Å². The molecule has 2 unspecified atom stereocenters. The van der Waals surface area contributed by atoms with Gasteiger partial charge in [-0.25, -0.2) is 0 Å². The van der Waals surface area contributed by atoms with Crippen molar-refractivity contribution < 1.29 is 0 Å². The second kappa shape index (κ2) is 4.01. The first-order valence-electron chi connectivity index (χ1n) is 4.84. The Morgan fingerprint density at radius 2 is 2.00 bits per heavy atom. The Balaban J connectivity index is 2.14. The fourth-order valence-electron chi connectivity index (χ4n) is 1.30. The number of hydrogen-bond acceptors (Lipinski definition) is 2. The molecule has 1 aliphatic rings. The molecule has 2 heteroatoms. The summed E-state index contributed by atoms with van der Waals surface area (Å²) in [5, 5.41) is 4.36. The average Bonchev–Trinajstić information content (AvgIpc) is 2.80. The Kier molecular flexibility index (Phi) is 3.47. The van der Waals surface area contributed by atoms with Crippen molar-refractivity contribution in [1.82, 2.24) is 5.32 Å². The minimum absolute atomic E-state index is 0.623. The van der Waals surface area contributed by atoms with Crippen LogP contribution in [0.1, 0.15) is 33.6 Å². The molecule has 0 spiro atoms. The van der Waals surface area contributed by atoms with Gasteiger partial charge in [0.25, 0.3) is 0 Å². The van der Waals surface area contributed by atoms with Crippen LogP contribution in [-0.2, 0) is 0 Å². The van der Waals surface area contributed by atoms with Crippen molar-refractivity contribution in [1.29, 1.82) is 0 Å². The van der Waals surface area contributed by atoms with Crippen molar-refractivity contribution in [2.75, 3.05) is 12.8 Å². The first kappa shape index (κ1) is 10.4. The van der Waals surface area contributed by atoms with Crippen LogP contribution in [0.2, 0.25) is 0 Å². The minimum Gasteiger partial charge on any atom is -0.313 e. The fraction of sp³-hybridized carbons (Fsp3) is 1.00. The normalized spacial score (nSPS) is 25.0. The lowest BCUT2D eigenvalue weighted by molar-refractivity contribution is 0.383. The molecule has 1 fully saturated rings. The summed E-state index contributed by atoms with van der Waals surface area (Å²) in [6.07, 6.45) is 5.00. The van der Waals surface area contributed by atoms with Gasteiger partial charge in [-0.3, -0.25) is 0 Å². The predicted molar refractivity (Wildman–Crippen MR) is 57.8 cm³/mol. The van der Waals surface area contributed by atoms with Crippen molar-refractivity contribution >= 4 is 11.8 Å². The molecular formula is C10H21NS. The topological polar surface area (TPSA) is 12.0 Å². The van der Waals surface area contributed by atoms with Gasteiger partial charge in [0.2, 0.25) is 0 Å². The predicted octanol–water partition coefficient (Wildman–Crippen LogP) is 2.52. The van der Waals surface area contributed by atoms with Gasteiger partial charge in [0.05, 0.1) is 0 Å². The summed E-state index contributed by atoms with van der Waals surface area (Å²) in [4.78, 5) is 0. The summed E-state index contributed by atoms with van der Waals surface area (Å²) in [5.74, 6) is 0. The lowest BCUT2D eigenvalue weighted by Crippen LogP contribution is -2.36. The highest BCUT2D eigenvalue weighted by Crippen LogP contribution is 2.47. The molecule has 1 rings (SSSR count). The molecule has 1 N–H and O–H groups in total. The smallest absolute Gasteiger partial charge is 0.0141 e. The first-order valence-corrected chi connectivity index (χ1v) is 6.13. The molecule has 1 saturated carbocycles.